The summed E-state index contributed by atoms with van der Waals surface area (Å²) in [7, 11) is 0. The molecule has 0 bridgehead atoms. The van der Waals surface area contributed by atoms with Crippen molar-refractivity contribution in [2.45, 2.75) is 96.1 Å². The monoisotopic (exact) mass is 243 g/mol. The van der Waals surface area contributed by atoms with Gasteiger partial charge in [-0.3, -0.25) is 0 Å². The van der Waals surface area contributed by atoms with Crippen LogP contribution in [0.3, 0.4) is 0 Å². The summed E-state index contributed by atoms with van der Waals surface area (Å²) in [6.07, 6.45) is 16.4. The quantitative estimate of drug-likeness (QED) is 0.354. The Balaban J connectivity index is 3.08. The van der Waals surface area contributed by atoms with Crippen molar-refractivity contribution in [1.29, 1.82) is 0 Å². The van der Waals surface area contributed by atoms with Crippen LogP contribution in [0, 0.1) is 0 Å². The second-order valence-corrected chi connectivity index (χ2v) is 5.69. The lowest BCUT2D eigenvalue weighted by molar-refractivity contribution is 0.552. The van der Waals surface area contributed by atoms with Crippen molar-refractivity contribution in [3.05, 3.63) is 0 Å². The van der Waals surface area contributed by atoms with Crippen LogP contribution in [0.5, 0.6) is 0 Å². The van der Waals surface area contributed by atoms with Crippen LogP contribution < -0.4 is 0 Å². The summed E-state index contributed by atoms with van der Waals surface area (Å²) in [6.45, 7) is 4.54. The minimum Gasteiger partial charge on any atom is -0.0904 e. The minimum atomic E-state index is 0.558. The van der Waals surface area contributed by atoms with E-state index >= 15 is 0 Å². The maximum Gasteiger partial charge on any atom is 0.0151 e. The predicted molar refractivity (Wildman–Crippen MR) is 78.1 cm³/mol. The topological polar surface area (TPSA) is 0 Å². The van der Waals surface area contributed by atoms with Gasteiger partial charge in [-0.05, 0) is 12.8 Å². The van der Waals surface area contributed by atoms with Gasteiger partial charge in [-0.2, -0.15) is 0 Å². The Kier molecular flexibility index (Phi) is 13.7. The van der Waals surface area contributed by atoms with Crippen LogP contribution in [-0.2, 0) is 0 Å². The molecule has 0 aliphatic rings. The fraction of sp³-hybridized carbons (Fsp3) is 1.00. The van der Waals surface area contributed by atoms with E-state index in [1.807, 2.05) is 0 Å². The first kappa shape index (κ1) is 16.4. The third-order valence-electron chi connectivity index (χ3n) is 3.26. The smallest absolute Gasteiger partial charge is 0.0151 e. The third-order valence-corrected chi connectivity index (χ3v) is 3.73. The molecule has 0 spiro atoms. The fourth-order valence-corrected chi connectivity index (χ4v) is 2.43. The lowest BCUT2D eigenvalue weighted by Crippen LogP contribution is -1.98. The molecule has 97 valence electrons. The van der Waals surface area contributed by atoms with E-state index in [0.29, 0.717) is 5.25 Å². The average molecular weight is 243 g/mol. The molecule has 0 aliphatic carbocycles. The zero-order valence-corrected chi connectivity index (χ0v) is 12.3. The zero-order chi connectivity index (χ0) is 12.1. The zero-order valence-electron chi connectivity index (χ0n) is 11.5. The van der Waals surface area contributed by atoms with E-state index in [1.54, 1.807) is 0 Å². The summed E-state index contributed by atoms with van der Waals surface area (Å²) >= 11 is 5.49. The van der Waals surface area contributed by atoms with Crippen molar-refractivity contribution in [2.75, 3.05) is 0 Å². The van der Waals surface area contributed by atoms with Crippen LogP contribution in [0.4, 0.5) is 0 Å². The molecule has 0 heterocycles. The molecule has 16 heavy (non-hydrogen) atoms. The van der Waals surface area contributed by atoms with E-state index in [2.05, 4.69) is 13.8 Å². The average Bonchev–Trinajstić information content (AvgIpc) is 2.29. The fourth-order valence-electron chi connectivity index (χ4n) is 2.10. The van der Waals surface area contributed by atoms with Crippen LogP contribution >= 0.6 is 12.6 Å². The van der Waals surface area contributed by atoms with Gasteiger partial charge in [0.25, 0.3) is 0 Å². The first-order chi connectivity index (χ1) is 7.81. The van der Waals surface area contributed by atoms with E-state index < -0.39 is 0 Å². The number of hydrogen-bond donors (Lipinski definition) is 0. The predicted octanol–water partition coefficient (Wildman–Crippen LogP) is 6.27. The minimum absolute atomic E-state index is 0.558. The second kappa shape index (κ2) is 13.4. The summed E-state index contributed by atoms with van der Waals surface area (Å²) < 4.78 is 0. The molecule has 0 aromatic rings. The highest BCUT2D eigenvalue weighted by molar-refractivity contribution is 7.80. The standard InChI is InChI=1S/C15H31S/c1-3-5-7-9-10-12-14-15(16)13-11-8-6-4-2/h15H,3-14H2,1-2H3. The normalized spacial score (nSPS) is 12.9. The molecule has 0 saturated heterocycles. The largest absolute Gasteiger partial charge is 0.0904 e. The van der Waals surface area contributed by atoms with Gasteiger partial charge in [0.2, 0.25) is 0 Å². The van der Waals surface area contributed by atoms with Crippen molar-refractivity contribution >= 4 is 12.6 Å². The van der Waals surface area contributed by atoms with Crippen molar-refractivity contribution in [1.82, 2.24) is 0 Å². The molecule has 0 rings (SSSR count). The van der Waals surface area contributed by atoms with Crippen LogP contribution in [0.2, 0.25) is 0 Å². The molecular weight excluding hydrogens is 212 g/mol. The van der Waals surface area contributed by atoms with Crippen LogP contribution in [0.15, 0.2) is 0 Å². The van der Waals surface area contributed by atoms with Gasteiger partial charge in [-0.1, -0.05) is 90.7 Å². The molecule has 0 aromatic heterocycles. The molecule has 1 atom stereocenters. The Morgan fingerprint density at radius 1 is 0.625 bits per heavy atom. The Morgan fingerprint density at radius 3 is 1.50 bits per heavy atom. The van der Waals surface area contributed by atoms with Crippen molar-refractivity contribution < 1.29 is 0 Å². The summed E-state index contributed by atoms with van der Waals surface area (Å²) in [6, 6.07) is 0. The van der Waals surface area contributed by atoms with Gasteiger partial charge < -0.3 is 0 Å². The maximum atomic E-state index is 5.49. The molecule has 0 saturated carbocycles. The first-order valence-electron chi connectivity index (χ1n) is 7.47. The highest BCUT2D eigenvalue weighted by Crippen LogP contribution is 2.17. The Hall–Kier alpha value is 0.350. The molecule has 0 nitrogen and oxygen atoms in total. The van der Waals surface area contributed by atoms with Gasteiger partial charge in [0.15, 0.2) is 0 Å². The number of rotatable bonds is 12. The second-order valence-electron chi connectivity index (χ2n) is 5.03. The van der Waals surface area contributed by atoms with E-state index in [0.717, 1.165) is 0 Å². The molecule has 1 unspecified atom stereocenters. The van der Waals surface area contributed by atoms with Crippen LogP contribution in [0.1, 0.15) is 90.9 Å². The Morgan fingerprint density at radius 2 is 1.00 bits per heavy atom. The van der Waals surface area contributed by atoms with Crippen molar-refractivity contribution in [3.8, 4) is 0 Å². The highest BCUT2D eigenvalue weighted by Gasteiger charge is 2.03. The van der Waals surface area contributed by atoms with Gasteiger partial charge in [0.1, 0.15) is 0 Å². The number of unbranched alkanes of at least 4 members (excludes halogenated alkanes) is 8. The summed E-state index contributed by atoms with van der Waals surface area (Å²) in [5, 5.41) is 0.558. The SMILES string of the molecule is CCCCCCCCC([S])CCCCCC. The molecule has 0 N–H and O–H groups in total. The van der Waals surface area contributed by atoms with Crippen molar-refractivity contribution in [2.24, 2.45) is 0 Å². The molecule has 0 amide bonds. The lowest BCUT2D eigenvalue weighted by atomic mass is 10.0. The molecule has 0 aliphatic heterocycles. The van der Waals surface area contributed by atoms with E-state index in [-0.39, 0.29) is 0 Å². The van der Waals surface area contributed by atoms with Crippen LogP contribution in [-0.4, -0.2) is 5.25 Å². The maximum absolute atomic E-state index is 5.49. The lowest BCUT2D eigenvalue weighted by Gasteiger charge is -2.09. The Labute approximate surface area is 109 Å². The van der Waals surface area contributed by atoms with E-state index in [9.17, 15) is 0 Å². The molecule has 1 radical (unpaired) electrons. The molecule has 0 fully saturated rings. The van der Waals surface area contributed by atoms with Crippen LogP contribution in [0.25, 0.3) is 0 Å². The molecule has 0 aromatic carbocycles. The summed E-state index contributed by atoms with van der Waals surface area (Å²) in [4.78, 5) is 0. The van der Waals surface area contributed by atoms with E-state index in [1.165, 1.54) is 77.0 Å². The summed E-state index contributed by atoms with van der Waals surface area (Å²) in [5.41, 5.74) is 0. The van der Waals surface area contributed by atoms with Gasteiger partial charge in [0.05, 0.1) is 0 Å². The number of hydrogen-bond acceptors (Lipinski definition) is 0. The molecular formula is C15H31S. The molecule has 1 heteroatoms. The third kappa shape index (κ3) is 12.4. The van der Waals surface area contributed by atoms with Gasteiger partial charge in [-0.25, -0.2) is 0 Å². The highest BCUT2D eigenvalue weighted by atomic mass is 32.1. The summed E-state index contributed by atoms with van der Waals surface area (Å²) in [5.74, 6) is 0. The first-order valence-corrected chi connectivity index (χ1v) is 7.94. The Bertz CT molecular complexity index is 123. The van der Waals surface area contributed by atoms with Crippen molar-refractivity contribution in [3.63, 3.8) is 0 Å². The van der Waals surface area contributed by atoms with E-state index in [4.69, 9.17) is 12.6 Å². The van der Waals surface area contributed by atoms with Gasteiger partial charge >= 0.3 is 0 Å². The van der Waals surface area contributed by atoms with Gasteiger partial charge in [-0.15, -0.1) is 0 Å². The van der Waals surface area contributed by atoms with Gasteiger partial charge in [0, 0.05) is 5.25 Å².